The summed E-state index contributed by atoms with van der Waals surface area (Å²) >= 11 is 0. The van der Waals surface area contributed by atoms with Crippen molar-refractivity contribution >= 4 is 12.0 Å². The number of rotatable bonds is 4. The normalized spacial score (nSPS) is 11.4. The summed E-state index contributed by atoms with van der Waals surface area (Å²) in [5.41, 5.74) is -0.0519. The molecule has 0 heterocycles. The van der Waals surface area contributed by atoms with Crippen LogP contribution in [0.1, 0.15) is 26.3 Å². The molecule has 0 spiro atoms. The van der Waals surface area contributed by atoms with Gasteiger partial charge in [0.15, 0.2) is 11.5 Å². The Hall–Kier alpha value is -2.37. The second-order valence-electron chi connectivity index (χ2n) is 5.15. The Balaban J connectivity index is 3.00. The van der Waals surface area contributed by atoms with Gasteiger partial charge in [0.25, 0.3) is 0 Å². The van der Waals surface area contributed by atoms with Crippen LogP contribution in [-0.2, 0) is 4.79 Å². The molecule has 0 atom stereocenters. The molecule has 6 heteroatoms. The predicted octanol–water partition coefficient (Wildman–Crippen LogP) is 2.89. The van der Waals surface area contributed by atoms with Crippen LogP contribution in [-0.4, -0.2) is 18.0 Å². The number of methoxy groups -OCH3 is 1. The Kier molecular flexibility index (Phi) is 4.85. The second kappa shape index (κ2) is 6.18. The van der Waals surface area contributed by atoms with Crippen LogP contribution in [0.15, 0.2) is 24.4 Å². The van der Waals surface area contributed by atoms with E-state index in [0.29, 0.717) is 11.3 Å². The average molecular weight is 279 g/mol. The first-order chi connectivity index (χ1) is 9.24. The number of ether oxygens (including phenoxy) is 2. The van der Waals surface area contributed by atoms with E-state index in [2.05, 4.69) is 0 Å². The molecule has 1 rings (SSSR count). The van der Waals surface area contributed by atoms with Crippen molar-refractivity contribution in [2.75, 3.05) is 7.11 Å². The molecule has 0 unspecified atom stereocenters. The summed E-state index contributed by atoms with van der Waals surface area (Å²) in [7, 11) is 1.44. The summed E-state index contributed by atoms with van der Waals surface area (Å²) in [6, 6.07) is 4.71. The third-order valence-electron chi connectivity index (χ3n) is 2.39. The molecule has 0 saturated carbocycles. The number of esters is 1. The Morgan fingerprint density at radius 3 is 2.45 bits per heavy atom. The molecule has 6 nitrogen and oxygen atoms in total. The Morgan fingerprint density at radius 1 is 1.30 bits per heavy atom. The highest BCUT2D eigenvalue weighted by molar-refractivity contribution is 5.78. The van der Waals surface area contributed by atoms with Gasteiger partial charge in [0.1, 0.15) is 0 Å². The molecule has 0 aromatic heterocycles. The highest BCUT2D eigenvalue weighted by atomic mass is 16.6. The smallest absolute Gasteiger partial charge is 0.316 e. The lowest BCUT2D eigenvalue weighted by Gasteiger charge is -2.17. The van der Waals surface area contributed by atoms with E-state index in [1.165, 1.54) is 13.2 Å². The quantitative estimate of drug-likeness (QED) is 0.366. The van der Waals surface area contributed by atoms with Crippen LogP contribution in [0.25, 0.3) is 6.08 Å². The molecule has 1 aromatic carbocycles. The number of hydrogen-bond acceptors (Lipinski definition) is 5. The van der Waals surface area contributed by atoms with Gasteiger partial charge in [-0.3, -0.25) is 14.9 Å². The van der Waals surface area contributed by atoms with Crippen molar-refractivity contribution in [2.24, 2.45) is 5.41 Å². The van der Waals surface area contributed by atoms with Gasteiger partial charge >= 0.3 is 5.97 Å². The van der Waals surface area contributed by atoms with E-state index in [1.807, 2.05) is 0 Å². The zero-order chi connectivity index (χ0) is 15.3. The first-order valence-electron chi connectivity index (χ1n) is 5.96. The third kappa shape index (κ3) is 4.38. The van der Waals surface area contributed by atoms with Crippen LogP contribution in [0, 0.1) is 15.5 Å². The van der Waals surface area contributed by atoms with E-state index >= 15 is 0 Å². The molecule has 0 amide bonds. The van der Waals surface area contributed by atoms with Gasteiger partial charge < -0.3 is 9.47 Å². The van der Waals surface area contributed by atoms with E-state index in [9.17, 15) is 14.9 Å². The van der Waals surface area contributed by atoms with E-state index < -0.39 is 10.3 Å². The van der Waals surface area contributed by atoms with Crippen molar-refractivity contribution in [1.29, 1.82) is 0 Å². The lowest BCUT2D eigenvalue weighted by molar-refractivity contribution is -0.400. The van der Waals surface area contributed by atoms with E-state index in [-0.39, 0.29) is 11.7 Å². The molecular weight excluding hydrogens is 262 g/mol. The van der Waals surface area contributed by atoms with E-state index in [0.717, 1.165) is 6.20 Å². The molecule has 0 fully saturated rings. The number of carbonyl (C=O) groups is 1. The Bertz CT molecular complexity index is 543. The minimum Gasteiger partial charge on any atom is -0.493 e. The number of nitrogens with zero attached hydrogens (tertiary/aromatic N) is 1. The number of benzene rings is 1. The van der Waals surface area contributed by atoms with Crippen molar-refractivity contribution < 1.29 is 19.2 Å². The molecule has 0 saturated heterocycles. The highest BCUT2D eigenvalue weighted by Gasteiger charge is 2.24. The standard InChI is InChI=1S/C14H17NO5/c1-14(2,3)13(16)20-11-6-5-10(7-8-15(17)18)9-12(11)19-4/h5-9H,1-4H3/b8-7+. The maximum absolute atomic E-state index is 11.8. The van der Waals surface area contributed by atoms with Crippen molar-refractivity contribution in [3.05, 3.63) is 40.1 Å². The molecule has 0 bridgehead atoms. The zero-order valence-corrected chi connectivity index (χ0v) is 11.9. The van der Waals surface area contributed by atoms with Gasteiger partial charge in [-0.15, -0.1) is 0 Å². The summed E-state index contributed by atoms with van der Waals surface area (Å²) in [6.45, 7) is 5.24. The molecule has 108 valence electrons. The topological polar surface area (TPSA) is 78.7 Å². The van der Waals surface area contributed by atoms with Crippen molar-refractivity contribution in [2.45, 2.75) is 20.8 Å². The van der Waals surface area contributed by atoms with Gasteiger partial charge in [-0.1, -0.05) is 6.07 Å². The van der Waals surface area contributed by atoms with Crippen LogP contribution < -0.4 is 9.47 Å². The summed E-state index contributed by atoms with van der Waals surface area (Å²) in [5, 5.41) is 10.3. The summed E-state index contributed by atoms with van der Waals surface area (Å²) in [4.78, 5) is 21.5. The first-order valence-corrected chi connectivity index (χ1v) is 5.96. The summed E-state index contributed by atoms with van der Waals surface area (Å²) < 4.78 is 10.4. The van der Waals surface area contributed by atoms with Crippen molar-refractivity contribution in [1.82, 2.24) is 0 Å². The number of hydrogen-bond donors (Lipinski definition) is 0. The maximum atomic E-state index is 11.8. The summed E-state index contributed by atoms with van der Waals surface area (Å²) in [6.07, 6.45) is 2.16. The molecule has 0 aliphatic carbocycles. The number of carbonyl (C=O) groups excluding carboxylic acids is 1. The average Bonchev–Trinajstić information content (AvgIpc) is 2.36. The van der Waals surface area contributed by atoms with E-state index in [1.54, 1.807) is 39.0 Å². The van der Waals surface area contributed by atoms with Gasteiger partial charge in [0.2, 0.25) is 6.20 Å². The Morgan fingerprint density at radius 2 is 1.95 bits per heavy atom. The van der Waals surface area contributed by atoms with Gasteiger partial charge in [0, 0.05) is 6.08 Å². The van der Waals surface area contributed by atoms with Crippen LogP contribution in [0.5, 0.6) is 11.5 Å². The Labute approximate surface area is 117 Å². The molecule has 0 radical (unpaired) electrons. The molecule has 20 heavy (non-hydrogen) atoms. The maximum Gasteiger partial charge on any atom is 0.316 e. The van der Waals surface area contributed by atoms with Crippen LogP contribution in [0.2, 0.25) is 0 Å². The highest BCUT2D eigenvalue weighted by Crippen LogP contribution is 2.30. The zero-order valence-electron chi connectivity index (χ0n) is 11.9. The SMILES string of the molecule is COc1cc(/C=C/[N+](=O)[O-])ccc1OC(=O)C(C)(C)C. The van der Waals surface area contributed by atoms with Crippen LogP contribution >= 0.6 is 0 Å². The lowest BCUT2D eigenvalue weighted by Crippen LogP contribution is -2.25. The number of nitro groups is 1. The van der Waals surface area contributed by atoms with Crippen molar-refractivity contribution in [3.8, 4) is 11.5 Å². The first kappa shape index (κ1) is 15.7. The van der Waals surface area contributed by atoms with Gasteiger partial charge in [-0.25, -0.2) is 0 Å². The minimum atomic E-state index is -0.630. The van der Waals surface area contributed by atoms with Crippen LogP contribution in [0.3, 0.4) is 0 Å². The summed E-state index contributed by atoms with van der Waals surface area (Å²) in [5.74, 6) is 0.239. The fourth-order valence-corrected chi connectivity index (χ4v) is 1.27. The van der Waals surface area contributed by atoms with Gasteiger partial charge in [-0.2, -0.15) is 0 Å². The minimum absolute atomic E-state index is 0.283. The molecule has 1 aromatic rings. The second-order valence-corrected chi connectivity index (χ2v) is 5.15. The largest absolute Gasteiger partial charge is 0.493 e. The third-order valence-corrected chi connectivity index (χ3v) is 2.39. The fraction of sp³-hybridized carbons (Fsp3) is 0.357. The monoisotopic (exact) mass is 279 g/mol. The van der Waals surface area contributed by atoms with Crippen LogP contribution in [0.4, 0.5) is 0 Å². The molecule has 0 aliphatic heterocycles. The lowest BCUT2D eigenvalue weighted by atomic mass is 9.97. The molecule has 0 N–H and O–H groups in total. The fourth-order valence-electron chi connectivity index (χ4n) is 1.27. The van der Waals surface area contributed by atoms with E-state index in [4.69, 9.17) is 9.47 Å². The molecular formula is C14H17NO5. The van der Waals surface area contributed by atoms with Crippen molar-refractivity contribution in [3.63, 3.8) is 0 Å². The van der Waals surface area contributed by atoms with Gasteiger partial charge in [-0.05, 0) is 38.5 Å². The predicted molar refractivity (Wildman–Crippen MR) is 74.1 cm³/mol. The van der Waals surface area contributed by atoms with Gasteiger partial charge in [0.05, 0.1) is 17.4 Å². The molecule has 0 aliphatic rings.